The number of unbranched alkanes of at least 4 members (excludes halogenated alkanes) is 1. The molecule has 0 spiro atoms. The molecule has 3 atom stereocenters. The van der Waals surface area contributed by atoms with Gasteiger partial charge < -0.3 is 25.8 Å². The number of halogens is 2. The minimum Gasteiger partial charge on any atom is -0.453 e. The van der Waals surface area contributed by atoms with E-state index in [1.165, 1.54) is 0 Å². The first kappa shape index (κ1) is 31.7. The van der Waals surface area contributed by atoms with Crippen LogP contribution in [0.3, 0.4) is 0 Å². The number of sulfone groups is 1. The quantitative estimate of drug-likeness (QED) is 0.238. The molecule has 36 heavy (non-hydrogen) atoms. The van der Waals surface area contributed by atoms with Crippen LogP contribution in [0.15, 0.2) is 18.2 Å². The fraction of sp³-hybridized carbons (Fsp3) is 0.667. The fourth-order valence-corrected chi connectivity index (χ4v) is 5.06. The van der Waals surface area contributed by atoms with Gasteiger partial charge in [0.2, 0.25) is 5.91 Å². The number of hydrogen-bond donors (Lipinski definition) is 4. The normalized spacial score (nSPS) is 14.2. The molecule has 0 aromatic heterocycles. The molecule has 0 radical (unpaired) electrons. The topological polar surface area (TPSA) is 134 Å². The predicted octanol–water partition coefficient (Wildman–Crippen LogP) is 1.93. The Balaban J connectivity index is 3.10. The highest BCUT2D eigenvalue weighted by atomic mass is 32.2. The van der Waals surface area contributed by atoms with Crippen molar-refractivity contribution in [2.24, 2.45) is 5.92 Å². The molecule has 0 heterocycles. The first-order valence-corrected chi connectivity index (χ1v) is 13.9. The van der Waals surface area contributed by atoms with Crippen LogP contribution in [0.5, 0.6) is 0 Å². The molecule has 0 aliphatic heterocycles. The van der Waals surface area contributed by atoms with Crippen LogP contribution < -0.4 is 16.0 Å². The average molecular weight is 536 g/mol. The Kier molecular flexibility index (Phi) is 13.9. The molecule has 0 saturated heterocycles. The maximum atomic E-state index is 13.7. The second-order valence-electron chi connectivity index (χ2n) is 9.21. The van der Waals surface area contributed by atoms with Gasteiger partial charge in [0.1, 0.15) is 17.7 Å². The van der Waals surface area contributed by atoms with Gasteiger partial charge in [0.15, 0.2) is 9.84 Å². The number of carbonyl (C=O) groups excluding carboxylic acids is 2. The van der Waals surface area contributed by atoms with E-state index in [0.29, 0.717) is 31.4 Å². The molecular weight excluding hydrogens is 496 g/mol. The lowest BCUT2D eigenvalue weighted by molar-refractivity contribution is -0.124. The van der Waals surface area contributed by atoms with Crippen molar-refractivity contribution in [1.82, 2.24) is 16.0 Å². The third-order valence-corrected chi connectivity index (χ3v) is 7.20. The number of methoxy groups -OCH3 is 1. The number of carbonyl (C=O) groups is 2. The Hall–Kier alpha value is -2.31. The number of nitrogens with one attached hydrogen (secondary N) is 3. The standard InChI is InChI=1S/C24H39F2N3O6S/c1-5-6-9-36(33,34)15-21(29-24(32)35-4)23(31)28-20(22(30)14-27-8-7-16(2)3)12-17-10-18(25)13-19(26)11-17/h10-11,13,16,20-22,27,30H,5-9,12,14-15H2,1-4H3,(H,28,31)(H,29,32)/t20-,21+,22+/m0/s1. The summed E-state index contributed by atoms with van der Waals surface area (Å²) in [7, 11) is -2.63. The Morgan fingerprint density at radius 1 is 1.11 bits per heavy atom. The van der Waals surface area contributed by atoms with Gasteiger partial charge in [-0.2, -0.15) is 0 Å². The second kappa shape index (κ2) is 15.7. The molecule has 12 heteroatoms. The van der Waals surface area contributed by atoms with Crippen molar-refractivity contribution in [3.8, 4) is 0 Å². The van der Waals surface area contributed by atoms with Gasteiger partial charge in [-0.15, -0.1) is 0 Å². The number of rotatable bonds is 16. The number of aliphatic hydroxyl groups excluding tert-OH is 1. The van der Waals surface area contributed by atoms with Gasteiger partial charge in [0.25, 0.3) is 0 Å². The highest BCUT2D eigenvalue weighted by Crippen LogP contribution is 2.13. The zero-order valence-electron chi connectivity index (χ0n) is 21.4. The lowest BCUT2D eigenvalue weighted by atomic mass is 10.00. The number of aliphatic hydroxyl groups is 1. The summed E-state index contributed by atoms with van der Waals surface area (Å²) in [5, 5.41) is 18.6. The first-order valence-electron chi connectivity index (χ1n) is 12.1. The highest BCUT2D eigenvalue weighted by molar-refractivity contribution is 7.91. The van der Waals surface area contributed by atoms with E-state index in [9.17, 15) is 31.9 Å². The Labute approximate surface area is 212 Å². The zero-order chi connectivity index (χ0) is 27.3. The van der Waals surface area contributed by atoms with E-state index in [2.05, 4.69) is 20.7 Å². The number of amides is 2. The molecule has 0 unspecified atom stereocenters. The zero-order valence-corrected chi connectivity index (χ0v) is 22.2. The Morgan fingerprint density at radius 2 is 1.75 bits per heavy atom. The maximum absolute atomic E-state index is 13.7. The molecule has 9 nitrogen and oxygen atoms in total. The molecule has 0 bridgehead atoms. The smallest absolute Gasteiger partial charge is 0.407 e. The number of benzene rings is 1. The van der Waals surface area contributed by atoms with Crippen LogP contribution in [0.25, 0.3) is 0 Å². The molecule has 1 rings (SSSR count). The van der Waals surface area contributed by atoms with Crippen molar-refractivity contribution in [3.05, 3.63) is 35.4 Å². The van der Waals surface area contributed by atoms with E-state index in [1.807, 2.05) is 20.8 Å². The summed E-state index contributed by atoms with van der Waals surface area (Å²) >= 11 is 0. The summed E-state index contributed by atoms with van der Waals surface area (Å²) in [5.41, 5.74) is 0.187. The molecule has 0 aliphatic carbocycles. The van der Waals surface area contributed by atoms with Crippen molar-refractivity contribution in [2.75, 3.05) is 31.7 Å². The van der Waals surface area contributed by atoms with Crippen molar-refractivity contribution in [1.29, 1.82) is 0 Å². The van der Waals surface area contributed by atoms with Crippen LogP contribution >= 0.6 is 0 Å². The molecule has 1 aromatic carbocycles. The van der Waals surface area contributed by atoms with E-state index in [-0.39, 0.29) is 24.3 Å². The van der Waals surface area contributed by atoms with E-state index in [1.54, 1.807) is 0 Å². The van der Waals surface area contributed by atoms with Gasteiger partial charge in [-0.3, -0.25) is 4.79 Å². The van der Waals surface area contributed by atoms with E-state index in [0.717, 1.165) is 25.7 Å². The van der Waals surface area contributed by atoms with Gasteiger partial charge >= 0.3 is 6.09 Å². The number of alkyl carbamates (subject to hydrolysis) is 1. The van der Waals surface area contributed by atoms with Gasteiger partial charge in [-0.05, 0) is 49.4 Å². The first-order chi connectivity index (χ1) is 16.9. The summed E-state index contributed by atoms with van der Waals surface area (Å²) in [4.78, 5) is 24.9. The van der Waals surface area contributed by atoms with Gasteiger partial charge in [-0.1, -0.05) is 27.2 Å². The van der Waals surface area contributed by atoms with Gasteiger partial charge in [0.05, 0.1) is 30.8 Å². The lowest BCUT2D eigenvalue weighted by Gasteiger charge is -2.27. The summed E-state index contributed by atoms with van der Waals surface area (Å²) in [6.45, 7) is 6.58. The molecule has 0 aliphatic rings. The van der Waals surface area contributed by atoms with Gasteiger partial charge in [0, 0.05) is 12.6 Å². The van der Waals surface area contributed by atoms with Crippen LogP contribution in [0, 0.1) is 17.6 Å². The monoisotopic (exact) mass is 535 g/mol. The summed E-state index contributed by atoms with van der Waals surface area (Å²) in [6.07, 6.45) is -0.448. The van der Waals surface area contributed by atoms with Crippen LogP contribution in [0.4, 0.5) is 13.6 Å². The Bertz CT molecular complexity index is 926. The molecule has 2 amide bonds. The highest BCUT2D eigenvalue weighted by Gasteiger charge is 2.31. The van der Waals surface area contributed by atoms with E-state index >= 15 is 0 Å². The molecule has 0 fully saturated rings. The van der Waals surface area contributed by atoms with Crippen molar-refractivity contribution >= 4 is 21.8 Å². The fourth-order valence-electron chi connectivity index (χ4n) is 3.42. The van der Waals surface area contributed by atoms with Crippen LogP contribution in [0.2, 0.25) is 0 Å². The maximum Gasteiger partial charge on any atom is 0.407 e. The third-order valence-electron chi connectivity index (χ3n) is 5.45. The van der Waals surface area contributed by atoms with Crippen LogP contribution in [0.1, 0.15) is 45.6 Å². The minimum atomic E-state index is -3.70. The van der Waals surface area contributed by atoms with E-state index < -0.39 is 57.4 Å². The van der Waals surface area contributed by atoms with Crippen LogP contribution in [-0.2, 0) is 25.8 Å². The average Bonchev–Trinajstić information content (AvgIpc) is 2.78. The number of ether oxygens (including phenoxy) is 1. The molecule has 206 valence electrons. The SMILES string of the molecule is CCCCS(=O)(=O)C[C@@H](NC(=O)OC)C(=O)N[C@@H](Cc1cc(F)cc(F)c1)[C@H](O)CNCCC(C)C. The number of hydrogen-bond acceptors (Lipinski definition) is 7. The van der Waals surface area contributed by atoms with Crippen molar-refractivity contribution in [3.63, 3.8) is 0 Å². The lowest BCUT2D eigenvalue weighted by Crippen LogP contribution is -2.56. The Morgan fingerprint density at radius 3 is 2.31 bits per heavy atom. The van der Waals surface area contributed by atoms with Crippen molar-refractivity contribution in [2.45, 2.75) is 64.6 Å². The summed E-state index contributed by atoms with van der Waals surface area (Å²) in [5.74, 6) is -2.90. The van der Waals surface area contributed by atoms with Crippen molar-refractivity contribution < 1.29 is 36.6 Å². The van der Waals surface area contributed by atoms with Gasteiger partial charge in [-0.25, -0.2) is 22.0 Å². The second-order valence-corrected chi connectivity index (χ2v) is 11.4. The predicted molar refractivity (Wildman–Crippen MR) is 133 cm³/mol. The molecular formula is C24H39F2N3O6S. The molecule has 1 aromatic rings. The summed E-state index contributed by atoms with van der Waals surface area (Å²) in [6, 6.07) is 0.345. The minimum absolute atomic E-state index is 0.0688. The van der Waals surface area contributed by atoms with Crippen LogP contribution in [-0.4, -0.2) is 75.4 Å². The molecule has 4 N–H and O–H groups in total. The van der Waals surface area contributed by atoms with E-state index in [4.69, 9.17) is 0 Å². The molecule has 0 saturated carbocycles. The largest absolute Gasteiger partial charge is 0.453 e. The third kappa shape index (κ3) is 12.6. The summed E-state index contributed by atoms with van der Waals surface area (Å²) < 4.78 is 56.9.